The number of benzene rings is 1. The summed E-state index contributed by atoms with van der Waals surface area (Å²) in [5.74, 6) is 0. The lowest BCUT2D eigenvalue weighted by Gasteiger charge is -2.33. The molecule has 0 aliphatic heterocycles. The van der Waals surface area contributed by atoms with E-state index >= 15 is 0 Å². The van der Waals surface area contributed by atoms with E-state index in [0.717, 1.165) is 18.1 Å². The third kappa shape index (κ3) is 5.13. The van der Waals surface area contributed by atoms with E-state index in [0.29, 0.717) is 12.1 Å². The van der Waals surface area contributed by atoms with Gasteiger partial charge in [0.2, 0.25) is 0 Å². The highest BCUT2D eigenvalue weighted by Gasteiger charge is 2.20. The molecule has 1 rings (SSSR count). The number of nitrogens with one attached hydrogen (secondary N) is 1. The first-order valence-corrected chi connectivity index (χ1v) is 7.66. The Labute approximate surface area is 123 Å². The fraction of sp³-hybridized carbons (Fsp3) is 0.625. The van der Waals surface area contributed by atoms with Crippen molar-refractivity contribution in [3.8, 4) is 0 Å². The molecule has 0 bridgehead atoms. The number of likely N-dealkylation sites (N-methyl/N-ethyl adjacent to an activating group) is 2. The van der Waals surface area contributed by atoms with Crippen molar-refractivity contribution in [2.45, 2.75) is 45.7 Å². The minimum Gasteiger partial charge on any atom is -0.315 e. The van der Waals surface area contributed by atoms with Crippen LogP contribution in [0.3, 0.4) is 0 Å². The van der Waals surface area contributed by atoms with E-state index < -0.39 is 0 Å². The molecule has 0 fully saturated rings. The standard InChI is InChI=1S/C16H27ClN2/c1-5-8-16(12-18-6-2)19(4)13(3)14-9-7-10-15(17)11-14/h7,9-11,13,16,18H,5-6,8,12H2,1-4H3. The third-order valence-corrected chi connectivity index (χ3v) is 4.00. The minimum absolute atomic E-state index is 0.383. The normalized spacial score (nSPS) is 14.6. The maximum absolute atomic E-state index is 6.09. The van der Waals surface area contributed by atoms with Gasteiger partial charge in [0.1, 0.15) is 0 Å². The highest BCUT2D eigenvalue weighted by Crippen LogP contribution is 2.24. The smallest absolute Gasteiger partial charge is 0.0409 e. The topological polar surface area (TPSA) is 15.3 Å². The first-order chi connectivity index (χ1) is 9.10. The summed E-state index contributed by atoms with van der Waals surface area (Å²) >= 11 is 6.09. The molecule has 0 aliphatic rings. The fourth-order valence-corrected chi connectivity index (χ4v) is 2.61. The molecule has 0 spiro atoms. The maximum Gasteiger partial charge on any atom is 0.0409 e. The number of rotatable bonds is 8. The van der Waals surface area contributed by atoms with Crippen LogP contribution in [0.25, 0.3) is 0 Å². The van der Waals surface area contributed by atoms with Crippen molar-refractivity contribution in [1.29, 1.82) is 0 Å². The second kappa shape index (κ2) is 8.57. The van der Waals surface area contributed by atoms with Crippen LogP contribution in [0.5, 0.6) is 0 Å². The first kappa shape index (κ1) is 16.5. The van der Waals surface area contributed by atoms with Crippen molar-refractivity contribution < 1.29 is 0 Å². The quantitative estimate of drug-likeness (QED) is 0.772. The average molecular weight is 283 g/mol. The van der Waals surface area contributed by atoms with Gasteiger partial charge in [-0.15, -0.1) is 0 Å². The van der Waals surface area contributed by atoms with Gasteiger partial charge >= 0.3 is 0 Å². The first-order valence-electron chi connectivity index (χ1n) is 7.28. The molecule has 19 heavy (non-hydrogen) atoms. The molecule has 3 heteroatoms. The predicted octanol–water partition coefficient (Wildman–Crippen LogP) is 4.11. The largest absolute Gasteiger partial charge is 0.315 e. The van der Waals surface area contributed by atoms with Crippen LogP contribution in [-0.4, -0.2) is 31.1 Å². The highest BCUT2D eigenvalue weighted by atomic mass is 35.5. The van der Waals surface area contributed by atoms with E-state index in [9.17, 15) is 0 Å². The lowest BCUT2D eigenvalue weighted by atomic mass is 10.0. The van der Waals surface area contributed by atoms with Gasteiger partial charge in [0.05, 0.1) is 0 Å². The fourth-order valence-electron chi connectivity index (χ4n) is 2.41. The van der Waals surface area contributed by atoms with E-state index in [1.807, 2.05) is 12.1 Å². The maximum atomic E-state index is 6.09. The summed E-state index contributed by atoms with van der Waals surface area (Å²) in [6.07, 6.45) is 2.43. The van der Waals surface area contributed by atoms with E-state index in [2.05, 4.69) is 50.2 Å². The molecule has 2 atom stereocenters. The molecular formula is C16H27ClN2. The van der Waals surface area contributed by atoms with Gasteiger partial charge in [0, 0.05) is 23.7 Å². The second-order valence-corrected chi connectivity index (χ2v) is 5.58. The van der Waals surface area contributed by atoms with Gasteiger partial charge in [-0.25, -0.2) is 0 Å². The molecular weight excluding hydrogens is 256 g/mol. The molecule has 0 saturated heterocycles. The van der Waals surface area contributed by atoms with Crippen molar-refractivity contribution in [2.24, 2.45) is 0 Å². The van der Waals surface area contributed by atoms with Gasteiger partial charge in [0.25, 0.3) is 0 Å². The van der Waals surface area contributed by atoms with Crippen molar-refractivity contribution in [3.63, 3.8) is 0 Å². The molecule has 2 unspecified atom stereocenters. The molecule has 0 radical (unpaired) electrons. The van der Waals surface area contributed by atoms with Gasteiger partial charge in [-0.1, -0.05) is 44.0 Å². The zero-order valence-corrected chi connectivity index (χ0v) is 13.4. The van der Waals surface area contributed by atoms with Crippen molar-refractivity contribution >= 4 is 11.6 Å². The molecule has 0 saturated carbocycles. The predicted molar refractivity (Wildman–Crippen MR) is 84.9 cm³/mol. The van der Waals surface area contributed by atoms with Crippen LogP contribution in [0.2, 0.25) is 5.02 Å². The Bertz CT molecular complexity index is 368. The van der Waals surface area contributed by atoms with Gasteiger partial charge in [-0.2, -0.15) is 0 Å². The van der Waals surface area contributed by atoms with Crippen LogP contribution in [0.1, 0.15) is 45.2 Å². The molecule has 0 aliphatic carbocycles. The van der Waals surface area contributed by atoms with E-state index in [4.69, 9.17) is 11.6 Å². The van der Waals surface area contributed by atoms with Gasteiger partial charge in [-0.05, 0) is 44.6 Å². The lowest BCUT2D eigenvalue weighted by molar-refractivity contribution is 0.171. The third-order valence-electron chi connectivity index (χ3n) is 3.77. The Morgan fingerprint density at radius 2 is 2.05 bits per heavy atom. The Balaban J connectivity index is 2.74. The summed E-state index contributed by atoms with van der Waals surface area (Å²) in [4.78, 5) is 2.46. The summed E-state index contributed by atoms with van der Waals surface area (Å²) in [6, 6.07) is 9.14. The summed E-state index contributed by atoms with van der Waals surface area (Å²) in [7, 11) is 2.21. The molecule has 1 aromatic rings. The van der Waals surface area contributed by atoms with Gasteiger partial charge in [-0.3, -0.25) is 4.90 Å². The van der Waals surface area contributed by atoms with Crippen molar-refractivity contribution in [3.05, 3.63) is 34.9 Å². The Kier molecular flexibility index (Phi) is 7.44. The summed E-state index contributed by atoms with van der Waals surface area (Å²) in [5.41, 5.74) is 1.28. The molecule has 1 aromatic carbocycles. The zero-order valence-electron chi connectivity index (χ0n) is 12.6. The summed E-state index contributed by atoms with van der Waals surface area (Å²) in [5, 5.41) is 4.28. The van der Waals surface area contributed by atoms with Crippen LogP contribution < -0.4 is 5.32 Å². The average Bonchev–Trinajstić information content (AvgIpc) is 2.42. The summed E-state index contributed by atoms with van der Waals surface area (Å²) in [6.45, 7) is 8.73. The van der Waals surface area contributed by atoms with Crippen molar-refractivity contribution in [1.82, 2.24) is 10.2 Å². The van der Waals surface area contributed by atoms with Crippen LogP contribution >= 0.6 is 11.6 Å². The van der Waals surface area contributed by atoms with Gasteiger partial charge in [0.15, 0.2) is 0 Å². The number of hydrogen-bond acceptors (Lipinski definition) is 2. The van der Waals surface area contributed by atoms with Crippen LogP contribution in [-0.2, 0) is 0 Å². The van der Waals surface area contributed by atoms with Crippen LogP contribution in [0, 0.1) is 0 Å². The molecule has 2 nitrogen and oxygen atoms in total. The van der Waals surface area contributed by atoms with Crippen LogP contribution in [0.4, 0.5) is 0 Å². The SMILES string of the molecule is CCCC(CNCC)N(C)C(C)c1cccc(Cl)c1. The number of halogens is 1. The zero-order chi connectivity index (χ0) is 14.3. The van der Waals surface area contributed by atoms with E-state index in [-0.39, 0.29) is 0 Å². The Morgan fingerprint density at radius 1 is 1.32 bits per heavy atom. The second-order valence-electron chi connectivity index (χ2n) is 5.15. The minimum atomic E-state index is 0.383. The molecule has 0 aromatic heterocycles. The molecule has 0 heterocycles. The van der Waals surface area contributed by atoms with E-state index in [1.165, 1.54) is 18.4 Å². The van der Waals surface area contributed by atoms with Crippen molar-refractivity contribution in [2.75, 3.05) is 20.1 Å². The Morgan fingerprint density at radius 3 is 2.63 bits per heavy atom. The Hall–Kier alpha value is -0.570. The monoisotopic (exact) mass is 282 g/mol. The number of hydrogen-bond donors (Lipinski definition) is 1. The number of nitrogens with zero attached hydrogens (tertiary/aromatic N) is 1. The van der Waals surface area contributed by atoms with Crippen LogP contribution in [0.15, 0.2) is 24.3 Å². The highest BCUT2D eigenvalue weighted by molar-refractivity contribution is 6.30. The van der Waals surface area contributed by atoms with E-state index in [1.54, 1.807) is 0 Å². The summed E-state index contributed by atoms with van der Waals surface area (Å²) < 4.78 is 0. The van der Waals surface area contributed by atoms with Gasteiger partial charge < -0.3 is 5.32 Å². The molecule has 1 N–H and O–H groups in total. The molecule has 0 amide bonds. The lowest BCUT2D eigenvalue weighted by Crippen LogP contribution is -2.41. The molecule has 108 valence electrons.